The molecular weight excluding hydrogens is 184 g/mol. The van der Waals surface area contributed by atoms with Gasteiger partial charge in [-0.15, -0.1) is 0 Å². The Morgan fingerprint density at radius 2 is 1.93 bits per heavy atom. The molecule has 0 aromatic rings. The van der Waals surface area contributed by atoms with Crippen LogP contribution in [-0.4, -0.2) is 49.1 Å². The summed E-state index contributed by atoms with van der Waals surface area (Å²) in [6, 6.07) is 0. The zero-order chi connectivity index (χ0) is 10.1. The minimum Gasteiger partial charge on any atom is -0.355 e. The van der Waals surface area contributed by atoms with Gasteiger partial charge in [-0.3, -0.25) is 14.5 Å². The molecule has 2 heterocycles. The summed E-state index contributed by atoms with van der Waals surface area (Å²) in [6.45, 7) is 1.08. The molecule has 5 nitrogen and oxygen atoms in total. The van der Waals surface area contributed by atoms with E-state index in [0.717, 1.165) is 0 Å². The molecule has 78 valence electrons. The van der Waals surface area contributed by atoms with Gasteiger partial charge >= 0.3 is 0 Å². The highest BCUT2D eigenvalue weighted by atomic mass is 16.5. The van der Waals surface area contributed by atoms with Crippen LogP contribution in [0.1, 0.15) is 12.8 Å². The highest BCUT2D eigenvalue weighted by Crippen LogP contribution is 2.27. The van der Waals surface area contributed by atoms with Gasteiger partial charge in [-0.1, -0.05) is 0 Å². The zero-order valence-electron chi connectivity index (χ0n) is 8.16. The van der Waals surface area contributed by atoms with E-state index < -0.39 is 0 Å². The Bertz CT molecular complexity index is 245. The van der Waals surface area contributed by atoms with Crippen molar-refractivity contribution >= 4 is 11.8 Å². The first-order valence-electron chi connectivity index (χ1n) is 4.89. The number of carbonyl (C=O) groups excluding carboxylic acids is 2. The first kappa shape index (κ1) is 9.61. The molecule has 0 aliphatic carbocycles. The molecule has 0 saturated carbocycles. The fourth-order valence-electron chi connectivity index (χ4n) is 1.90. The molecule has 2 saturated heterocycles. The number of hydrogen-bond donors (Lipinski definition) is 1. The monoisotopic (exact) mass is 198 g/mol. The van der Waals surface area contributed by atoms with Crippen LogP contribution < -0.4 is 5.32 Å². The molecule has 2 bridgehead atoms. The standard InChI is InChI=1S/C9H14N2O3/c1-10-4-5-11-8(12)6-2-3-7(14-6)9(11)13/h6-7,10H,2-5H2,1H3. The number of nitrogens with zero attached hydrogens (tertiary/aromatic N) is 1. The van der Waals surface area contributed by atoms with E-state index in [-0.39, 0.29) is 24.0 Å². The summed E-state index contributed by atoms with van der Waals surface area (Å²) in [5, 5.41) is 2.92. The molecular formula is C9H14N2O3. The lowest BCUT2D eigenvalue weighted by Crippen LogP contribution is -2.53. The van der Waals surface area contributed by atoms with Crippen LogP contribution in [0.4, 0.5) is 0 Å². The number of hydrogen-bond acceptors (Lipinski definition) is 4. The van der Waals surface area contributed by atoms with Crippen LogP contribution in [-0.2, 0) is 14.3 Å². The van der Waals surface area contributed by atoms with E-state index in [4.69, 9.17) is 4.74 Å². The number of rotatable bonds is 3. The zero-order valence-corrected chi connectivity index (χ0v) is 8.16. The van der Waals surface area contributed by atoms with Gasteiger partial charge in [0.2, 0.25) is 0 Å². The van der Waals surface area contributed by atoms with Gasteiger partial charge in [0.25, 0.3) is 11.8 Å². The Morgan fingerprint density at radius 1 is 1.36 bits per heavy atom. The molecule has 2 atom stereocenters. The van der Waals surface area contributed by atoms with Crippen LogP contribution in [0.3, 0.4) is 0 Å². The molecule has 2 fully saturated rings. The molecule has 0 spiro atoms. The number of carbonyl (C=O) groups is 2. The Labute approximate surface area is 82.4 Å². The number of imide groups is 1. The maximum atomic E-state index is 11.7. The van der Waals surface area contributed by atoms with Crippen molar-refractivity contribution in [2.45, 2.75) is 25.0 Å². The van der Waals surface area contributed by atoms with Crippen LogP contribution in [0.5, 0.6) is 0 Å². The van der Waals surface area contributed by atoms with Crippen LogP contribution in [0.25, 0.3) is 0 Å². The van der Waals surface area contributed by atoms with E-state index in [0.29, 0.717) is 25.9 Å². The lowest BCUT2D eigenvalue weighted by molar-refractivity contribution is -0.168. The molecule has 5 heteroatoms. The predicted octanol–water partition coefficient (Wildman–Crippen LogP) is -0.878. The van der Waals surface area contributed by atoms with E-state index in [2.05, 4.69) is 5.32 Å². The lowest BCUT2D eigenvalue weighted by atomic mass is 10.2. The average Bonchev–Trinajstić information content (AvgIpc) is 2.62. The second kappa shape index (κ2) is 3.67. The van der Waals surface area contributed by atoms with Crippen molar-refractivity contribution in [2.75, 3.05) is 20.1 Å². The normalized spacial score (nSPS) is 31.4. The molecule has 2 unspecified atom stereocenters. The number of likely N-dealkylation sites (N-methyl/N-ethyl adjacent to an activating group) is 1. The van der Waals surface area contributed by atoms with Crippen LogP contribution in [0.2, 0.25) is 0 Å². The number of ether oxygens (including phenoxy) is 1. The van der Waals surface area contributed by atoms with E-state index >= 15 is 0 Å². The first-order chi connectivity index (χ1) is 6.74. The van der Waals surface area contributed by atoms with Crippen molar-refractivity contribution < 1.29 is 14.3 Å². The van der Waals surface area contributed by atoms with E-state index in [1.54, 1.807) is 7.05 Å². The number of nitrogens with one attached hydrogen (secondary N) is 1. The first-order valence-corrected chi connectivity index (χ1v) is 4.89. The fraction of sp³-hybridized carbons (Fsp3) is 0.778. The Kier molecular flexibility index (Phi) is 2.52. The SMILES string of the molecule is CNCCN1C(=O)C2CCC(O2)C1=O. The van der Waals surface area contributed by atoms with Crippen molar-refractivity contribution in [2.24, 2.45) is 0 Å². The van der Waals surface area contributed by atoms with Gasteiger partial charge in [0.1, 0.15) is 12.2 Å². The summed E-state index contributed by atoms with van der Waals surface area (Å²) in [7, 11) is 1.80. The Balaban J connectivity index is 2.07. The van der Waals surface area contributed by atoms with Gasteiger partial charge in [0.05, 0.1) is 0 Å². The van der Waals surface area contributed by atoms with Crippen LogP contribution in [0, 0.1) is 0 Å². The minimum absolute atomic E-state index is 0.168. The van der Waals surface area contributed by atoms with Gasteiger partial charge in [-0.25, -0.2) is 0 Å². The number of fused-ring (bicyclic) bond motifs is 2. The maximum absolute atomic E-state index is 11.7. The van der Waals surface area contributed by atoms with Gasteiger partial charge in [-0.05, 0) is 19.9 Å². The molecule has 0 radical (unpaired) electrons. The Hall–Kier alpha value is -0.940. The van der Waals surface area contributed by atoms with Crippen molar-refractivity contribution in [1.29, 1.82) is 0 Å². The van der Waals surface area contributed by atoms with Gasteiger partial charge in [0.15, 0.2) is 0 Å². The summed E-state index contributed by atoms with van der Waals surface area (Å²) in [4.78, 5) is 24.6. The van der Waals surface area contributed by atoms with Crippen molar-refractivity contribution in [3.63, 3.8) is 0 Å². The minimum atomic E-state index is -0.366. The maximum Gasteiger partial charge on any atom is 0.258 e. The van der Waals surface area contributed by atoms with E-state index in [1.807, 2.05) is 0 Å². The number of amides is 2. The number of morpholine rings is 1. The molecule has 2 aliphatic heterocycles. The summed E-state index contributed by atoms with van der Waals surface area (Å²) in [5.74, 6) is -0.335. The highest BCUT2D eigenvalue weighted by molar-refractivity contribution is 6.02. The topological polar surface area (TPSA) is 58.6 Å². The van der Waals surface area contributed by atoms with Gasteiger partial charge < -0.3 is 10.1 Å². The van der Waals surface area contributed by atoms with Crippen LogP contribution in [0.15, 0.2) is 0 Å². The van der Waals surface area contributed by atoms with E-state index in [9.17, 15) is 9.59 Å². The fourth-order valence-corrected chi connectivity index (χ4v) is 1.90. The third kappa shape index (κ3) is 1.42. The molecule has 2 amide bonds. The smallest absolute Gasteiger partial charge is 0.258 e. The molecule has 2 rings (SSSR count). The number of likely N-dealkylation sites (tertiary alicyclic amines) is 1. The quantitative estimate of drug-likeness (QED) is 0.598. The second-order valence-corrected chi connectivity index (χ2v) is 3.62. The Morgan fingerprint density at radius 3 is 2.43 bits per heavy atom. The molecule has 0 aromatic heterocycles. The lowest BCUT2D eigenvalue weighted by Gasteiger charge is -2.29. The van der Waals surface area contributed by atoms with Crippen LogP contribution >= 0.6 is 0 Å². The van der Waals surface area contributed by atoms with Gasteiger partial charge in [0, 0.05) is 13.1 Å². The molecule has 14 heavy (non-hydrogen) atoms. The summed E-state index contributed by atoms with van der Waals surface area (Å²) in [6.07, 6.45) is 0.639. The highest BCUT2D eigenvalue weighted by Gasteiger charge is 2.45. The average molecular weight is 198 g/mol. The van der Waals surface area contributed by atoms with E-state index in [1.165, 1.54) is 4.90 Å². The molecule has 1 N–H and O–H groups in total. The predicted molar refractivity (Wildman–Crippen MR) is 48.5 cm³/mol. The third-order valence-electron chi connectivity index (χ3n) is 2.69. The summed E-state index contributed by atoms with van der Waals surface area (Å²) in [5.41, 5.74) is 0. The largest absolute Gasteiger partial charge is 0.355 e. The molecule has 0 aromatic carbocycles. The van der Waals surface area contributed by atoms with Crippen molar-refractivity contribution in [1.82, 2.24) is 10.2 Å². The summed E-state index contributed by atoms with van der Waals surface area (Å²) < 4.78 is 5.27. The van der Waals surface area contributed by atoms with Crippen molar-refractivity contribution in [3.05, 3.63) is 0 Å². The third-order valence-corrected chi connectivity index (χ3v) is 2.69. The second-order valence-electron chi connectivity index (χ2n) is 3.62. The van der Waals surface area contributed by atoms with Gasteiger partial charge in [-0.2, -0.15) is 0 Å². The summed E-state index contributed by atoms with van der Waals surface area (Å²) >= 11 is 0. The van der Waals surface area contributed by atoms with Crippen molar-refractivity contribution in [3.8, 4) is 0 Å². The molecule has 2 aliphatic rings.